The molecule has 0 amide bonds. The van der Waals surface area contributed by atoms with Crippen LogP contribution >= 0.6 is 0 Å². The van der Waals surface area contributed by atoms with Gasteiger partial charge in [-0.05, 0) is 19.1 Å². The third kappa shape index (κ3) is 1.71. The summed E-state index contributed by atoms with van der Waals surface area (Å²) in [6.45, 7) is 1.79. The molecule has 7 nitrogen and oxygen atoms in total. The van der Waals surface area contributed by atoms with Crippen LogP contribution in [0.5, 0.6) is 0 Å². The first-order chi connectivity index (χ1) is 8.74. The molecule has 0 unspecified atom stereocenters. The van der Waals surface area contributed by atoms with Crippen molar-refractivity contribution in [2.24, 2.45) is 0 Å². The van der Waals surface area contributed by atoms with E-state index in [0.29, 0.717) is 11.3 Å². The highest BCUT2D eigenvalue weighted by Gasteiger charge is 2.14. The van der Waals surface area contributed by atoms with Crippen molar-refractivity contribution in [1.82, 2.24) is 20.3 Å². The van der Waals surface area contributed by atoms with Crippen LogP contribution < -0.4 is 5.56 Å². The lowest BCUT2D eigenvalue weighted by molar-refractivity contribution is 0.405. The fraction of sp³-hybridized carbons (Fsp3) is 0.0909. The molecule has 0 aliphatic rings. The number of hydrogen-bond acceptors (Lipinski definition) is 6. The zero-order valence-electron chi connectivity index (χ0n) is 9.38. The molecule has 3 aromatic rings. The summed E-state index contributed by atoms with van der Waals surface area (Å²) in [5.74, 6) is 0.424. The minimum absolute atomic E-state index is 0.207. The molecule has 3 heterocycles. The maximum absolute atomic E-state index is 11.7. The van der Waals surface area contributed by atoms with Gasteiger partial charge in [-0.25, -0.2) is 0 Å². The van der Waals surface area contributed by atoms with Gasteiger partial charge < -0.3 is 14.0 Å². The van der Waals surface area contributed by atoms with Crippen LogP contribution in [0, 0.1) is 6.92 Å². The molecule has 0 aromatic carbocycles. The van der Waals surface area contributed by atoms with E-state index in [1.165, 1.54) is 6.26 Å². The van der Waals surface area contributed by atoms with Crippen molar-refractivity contribution in [1.29, 1.82) is 0 Å². The molecular formula is C11H8N4O3. The molecule has 3 aromatic heterocycles. The summed E-state index contributed by atoms with van der Waals surface area (Å²) in [6.07, 6.45) is 1.40. The molecule has 0 radical (unpaired) electrons. The predicted molar refractivity (Wildman–Crippen MR) is 60.6 cm³/mol. The molecule has 90 valence electrons. The standard InChI is InChI=1S/C11H8N4O3/c1-6-2-3-7(10(16)12-6)9-13-11(18-15-9)8-4-5-17-14-8/h2-5H,1H3,(H,12,16). The van der Waals surface area contributed by atoms with E-state index in [-0.39, 0.29) is 17.3 Å². The SMILES string of the molecule is Cc1ccc(-c2noc(-c3ccon3)n2)c(=O)[nH]1. The molecule has 18 heavy (non-hydrogen) atoms. The fourth-order valence-corrected chi connectivity index (χ4v) is 1.51. The van der Waals surface area contributed by atoms with Gasteiger partial charge in [0.25, 0.3) is 11.4 Å². The van der Waals surface area contributed by atoms with Gasteiger partial charge in [-0.1, -0.05) is 10.3 Å². The molecule has 0 aliphatic carbocycles. The lowest BCUT2D eigenvalue weighted by Crippen LogP contribution is -2.10. The average molecular weight is 244 g/mol. The third-order valence-corrected chi connectivity index (χ3v) is 2.38. The van der Waals surface area contributed by atoms with E-state index in [2.05, 4.69) is 24.8 Å². The van der Waals surface area contributed by atoms with Crippen LogP contribution in [-0.2, 0) is 0 Å². The summed E-state index contributed by atoms with van der Waals surface area (Å²) in [5.41, 5.74) is 1.28. The van der Waals surface area contributed by atoms with Crippen LogP contribution in [0.4, 0.5) is 0 Å². The predicted octanol–water partition coefficient (Wildman–Crippen LogP) is 1.39. The van der Waals surface area contributed by atoms with Crippen molar-refractivity contribution in [2.45, 2.75) is 6.92 Å². The highest BCUT2D eigenvalue weighted by atomic mass is 16.5. The quantitative estimate of drug-likeness (QED) is 0.731. The average Bonchev–Trinajstić information content (AvgIpc) is 2.99. The van der Waals surface area contributed by atoms with Crippen molar-refractivity contribution in [3.8, 4) is 23.0 Å². The second kappa shape index (κ2) is 3.95. The lowest BCUT2D eigenvalue weighted by atomic mass is 10.2. The number of nitrogens with one attached hydrogen (secondary N) is 1. The number of aromatic nitrogens is 4. The summed E-state index contributed by atoms with van der Waals surface area (Å²) >= 11 is 0. The zero-order valence-corrected chi connectivity index (χ0v) is 9.38. The molecule has 0 saturated carbocycles. The minimum Gasteiger partial charge on any atom is -0.364 e. The normalized spacial score (nSPS) is 10.7. The van der Waals surface area contributed by atoms with Crippen molar-refractivity contribution in [3.05, 3.63) is 40.5 Å². The molecule has 0 aliphatic heterocycles. The van der Waals surface area contributed by atoms with E-state index >= 15 is 0 Å². The Hall–Kier alpha value is -2.70. The third-order valence-electron chi connectivity index (χ3n) is 2.38. The van der Waals surface area contributed by atoms with Gasteiger partial charge in [0, 0.05) is 11.8 Å². The molecule has 0 spiro atoms. The van der Waals surface area contributed by atoms with E-state index in [4.69, 9.17) is 4.52 Å². The van der Waals surface area contributed by atoms with Gasteiger partial charge in [0.2, 0.25) is 5.82 Å². The number of H-pyrrole nitrogens is 1. The number of aromatic amines is 1. The van der Waals surface area contributed by atoms with E-state index < -0.39 is 0 Å². The second-order valence-electron chi connectivity index (χ2n) is 3.69. The number of hydrogen-bond donors (Lipinski definition) is 1. The summed E-state index contributed by atoms with van der Waals surface area (Å²) in [6, 6.07) is 5.01. The van der Waals surface area contributed by atoms with Gasteiger partial charge in [-0.3, -0.25) is 4.79 Å². The summed E-state index contributed by atoms with van der Waals surface area (Å²) < 4.78 is 9.69. The van der Waals surface area contributed by atoms with E-state index in [1.54, 1.807) is 25.1 Å². The second-order valence-corrected chi connectivity index (χ2v) is 3.69. The topological polar surface area (TPSA) is 97.8 Å². The molecule has 0 atom stereocenters. The number of nitrogens with zero attached hydrogens (tertiary/aromatic N) is 3. The van der Waals surface area contributed by atoms with Gasteiger partial charge in [0.15, 0.2) is 5.69 Å². The molecule has 0 fully saturated rings. The van der Waals surface area contributed by atoms with Crippen molar-refractivity contribution in [3.63, 3.8) is 0 Å². The van der Waals surface area contributed by atoms with Crippen LogP contribution in [-0.4, -0.2) is 20.3 Å². The summed E-state index contributed by atoms with van der Waals surface area (Å²) in [7, 11) is 0. The first kappa shape index (κ1) is 10.5. The Balaban J connectivity index is 2.06. The minimum atomic E-state index is -0.262. The smallest absolute Gasteiger partial charge is 0.280 e. The Morgan fingerprint density at radius 1 is 1.22 bits per heavy atom. The first-order valence-corrected chi connectivity index (χ1v) is 5.19. The molecule has 0 bridgehead atoms. The van der Waals surface area contributed by atoms with Gasteiger partial charge in [0.1, 0.15) is 6.26 Å². The number of aryl methyl sites for hydroxylation is 1. The molecule has 7 heteroatoms. The van der Waals surface area contributed by atoms with E-state index in [0.717, 1.165) is 5.69 Å². The van der Waals surface area contributed by atoms with E-state index in [9.17, 15) is 4.79 Å². The Kier molecular flexibility index (Phi) is 2.30. The summed E-state index contributed by atoms with van der Waals surface area (Å²) in [5, 5.41) is 7.42. The van der Waals surface area contributed by atoms with Crippen LogP contribution in [0.15, 0.2) is 38.3 Å². The molecule has 3 rings (SSSR count). The number of pyridine rings is 1. The van der Waals surface area contributed by atoms with Gasteiger partial charge in [-0.2, -0.15) is 4.98 Å². The van der Waals surface area contributed by atoms with Crippen LogP contribution in [0.1, 0.15) is 5.69 Å². The van der Waals surface area contributed by atoms with Gasteiger partial charge in [0.05, 0.1) is 5.56 Å². The molecule has 0 saturated heterocycles. The van der Waals surface area contributed by atoms with Crippen molar-refractivity contribution in [2.75, 3.05) is 0 Å². The largest absolute Gasteiger partial charge is 0.364 e. The molecule has 1 N–H and O–H groups in total. The van der Waals surface area contributed by atoms with Gasteiger partial charge in [-0.15, -0.1) is 0 Å². The van der Waals surface area contributed by atoms with Crippen LogP contribution in [0.25, 0.3) is 23.0 Å². The Morgan fingerprint density at radius 2 is 2.11 bits per heavy atom. The highest BCUT2D eigenvalue weighted by molar-refractivity contribution is 5.56. The number of rotatable bonds is 2. The van der Waals surface area contributed by atoms with Crippen molar-refractivity contribution < 1.29 is 9.05 Å². The summed E-state index contributed by atoms with van der Waals surface area (Å²) in [4.78, 5) is 18.5. The monoisotopic (exact) mass is 244 g/mol. The van der Waals surface area contributed by atoms with Crippen LogP contribution in [0.3, 0.4) is 0 Å². The fourth-order valence-electron chi connectivity index (χ4n) is 1.51. The van der Waals surface area contributed by atoms with Crippen LogP contribution in [0.2, 0.25) is 0 Å². The Morgan fingerprint density at radius 3 is 2.83 bits per heavy atom. The Bertz CT molecular complexity index is 727. The maximum atomic E-state index is 11.7. The Labute approximate surface area is 100 Å². The van der Waals surface area contributed by atoms with E-state index in [1.807, 2.05) is 0 Å². The molecular weight excluding hydrogens is 236 g/mol. The van der Waals surface area contributed by atoms with Crippen molar-refractivity contribution >= 4 is 0 Å². The maximum Gasteiger partial charge on any atom is 0.280 e. The zero-order chi connectivity index (χ0) is 12.5. The highest BCUT2D eigenvalue weighted by Crippen LogP contribution is 2.18. The van der Waals surface area contributed by atoms with Gasteiger partial charge >= 0.3 is 0 Å². The lowest BCUT2D eigenvalue weighted by Gasteiger charge is -1.94. The first-order valence-electron chi connectivity index (χ1n) is 5.19.